The average molecular weight is 259 g/mol. The molecule has 1 saturated heterocycles. The van der Waals surface area contributed by atoms with E-state index in [1.807, 2.05) is 0 Å². The number of hydrogen-bond acceptors (Lipinski definition) is 4. The highest BCUT2D eigenvalue weighted by Crippen LogP contribution is 2.42. The minimum absolute atomic E-state index is 0.149. The van der Waals surface area contributed by atoms with Gasteiger partial charge in [-0.15, -0.1) is 11.8 Å². The summed E-state index contributed by atoms with van der Waals surface area (Å²) < 4.78 is 24.5. The third-order valence-electron chi connectivity index (χ3n) is 2.48. The van der Waals surface area contributed by atoms with Gasteiger partial charge in [-0.2, -0.15) is 4.31 Å². The zero-order valence-electron chi connectivity index (χ0n) is 8.83. The average Bonchev–Trinajstić information content (AvgIpc) is 2.66. The molecule has 0 aromatic heterocycles. The molecule has 1 aromatic rings. The Labute approximate surface area is 99.3 Å². The van der Waals surface area contributed by atoms with Gasteiger partial charge in [0.25, 0.3) is 0 Å². The van der Waals surface area contributed by atoms with Gasteiger partial charge in [-0.25, -0.2) is 8.42 Å². The SMILES string of the molecule is CS(=O)(=O)N1CCSC1c1ccccc1O. The second-order valence-corrected chi connectivity index (χ2v) is 6.78. The third-order valence-corrected chi connectivity index (χ3v) is 5.10. The quantitative estimate of drug-likeness (QED) is 0.872. The van der Waals surface area contributed by atoms with Crippen LogP contribution in [0.1, 0.15) is 10.9 Å². The minimum atomic E-state index is -3.22. The van der Waals surface area contributed by atoms with Gasteiger partial charge in [0.05, 0.1) is 11.6 Å². The zero-order chi connectivity index (χ0) is 11.8. The van der Waals surface area contributed by atoms with E-state index in [2.05, 4.69) is 0 Å². The van der Waals surface area contributed by atoms with E-state index in [0.29, 0.717) is 12.1 Å². The van der Waals surface area contributed by atoms with Crippen LogP contribution in [-0.4, -0.2) is 36.4 Å². The van der Waals surface area contributed by atoms with Crippen LogP contribution in [0.5, 0.6) is 5.75 Å². The Bertz CT molecular complexity index is 487. The lowest BCUT2D eigenvalue weighted by Gasteiger charge is -2.21. The molecule has 16 heavy (non-hydrogen) atoms. The summed E-state index contributed by atoms with van der Waals surface area (Å²) in [5.74, 6) is 0.905. The van der Waals surface area contributed by atoms with Crippen molar-refractivity contribution in [2.24, 2.45) is 0 Å². The number of rotatable bonds is 2. The van der Waals surface area contributed by atoms with E-state index >= 15 is 0 Å². The number of hydrogen-bond donors (Lipinski definition) is 1. The fourth-order valence-electron chi connectivity index (χ4n) is 1.74. The van der Waals surface area contributed by atoms with Crippen molar-refractivity contribution in [2.45, 2.75) is 5.37 Å². The smallest absolute Gasteiger partial charge is 0.212 e. The van der Waals surface area contributed by atoms with E-state index < -0.39 is 10.0 Å². The summed E-state index contributed by atoms with van der Waals surface area (Å²) in [6, 6.07) is 6.86. The molecule has 0 saturated carbocycles. The Morgan fingerprint density at radius 3 is 2.75 bits per heavy atom. The van der Waals surface area contributed by atoms with Gasteiger partial charge in [0.1, 0.15) is 5.75 Å². The fraction of sp³-hybridized carbons (Fsp3) is 0.400. The summed E-state index contributed by atoms with van der Waals surface area (Å²) in [5, 5.41) is 9.42. The van der Waals surface area contributed by atoms with Crippen molar-refractivity contribution >= 4 is 21.8 Å². The predicted octanol–water partition coefficient (Wildman–Crippen LogP) is 1.40. The topological polar surface area (TPSA) is 57.6 Å². The highest BCUT2D eigenvalue weighted by molar-refractivity contribution is 8.00. The number of para-hydroxylation sites is 1. The molecule has 1 atom stereocenters. The largest absolute Gasteiger partial charge is 0.508 e. The molecule has 0 spiro atoms. The van der Waals surface area contributed by atoms with E-state index in [4.69, 9.17) is 0 Å². The Morgan fingerprint density at radius 2 is 2.12 bits per heavy atom. The van der Waals surface area contributed by atoms with Crippen molar-refractivity contribution < 1.29 is 13.5 Å². The maximum absolute atomic E-state index is 11.6. The molecule has 1 N–H and O–H groups in total. The van der Waals surface area contributed by atoms with Crippen LogP contribution >= 0.6 is 11.8 Å². The maximum atomic E-state index is 11.6. The van der Waals surface area contributed by atoms with E-state index in [-0.39, 0.29) is 11.1 Å². The first-order chi connectivity index (χ1) is 7.50. The summed E-state index contributed by atoms with van der Waals surface area (Å²) >= 11 is 1.53. The first-order valence-electron chi connectivity index (χ1n) is 4.86. The molecule has 2 rings (SSSR count). The number of nitrogens with zero attached hydrogens (tertiary/aromatic N) is 1. The molecule has 88 valence electrons. The Kier molecular flexibility index (Phi) is 3.14. The lowest BCUT2D eigenvalue weighted by molar-refractivity contribution is 0.418. The number of aromatic hydroxyl groups is 1. The molecule has 1 aliphatic rings. The first kappa shape index (κ1) is 11.8. The molecule has 0 radical (unpaired) electrons. The van der Waals surface area contributed by atoms with Crippen LogP contribution in [0, 0.1) is 0 Å². The fourth-order valence-corrected chi connectivity index (χ4v) is 4.56. The van der Waals surface area contributed by atoms with Crippen LogP contribution in [0.25, 0.3) is 0 Å². The van der Waals surface area contributed by atoms with Gasteiger partial charge in [-0.05, 0) is 6.07 Å². The van der Waals surface area contributed by atoms with Gasteiger partial charge >= 0.3 is 0 Å². The summed E-state index contributed by atoms with van der Waals surface area (Å²) in [7, 11) is -3.22. The van der Waals surface area contributed by atoms with Crippen molar-refractivity contribution in [2.75, 3.05) is 18.6 Å². The van der Waals surface area contributed by atoms with Crippen LogP contribution in [0.3, 0.4) is 0 Å². The van der Waals surface area contributed by atoms with Gasteiger partial charge in [-0.1, -0.05) is 18.2 Å². The summed E-state index contributed by atoms with van der Waals surface area (Å²) in [6.45, 7) is 0.502. The molecule has 0 amide bonds. The molecule has 6 heteroatoms. The second kappa shape index (κ2) is 4.27. The standard InChI is InChI=1S/C10H13NO3S2/c1-16(13,14)11-6-7-15-10(11)8-4-2-3-5-9(8)12/h2-5,10,12H,6-7H2,1H3. The molecule has 1 aromatic carbocycles. The predicted molar refractivity (Wildman–Crippen MR) is 64.9 cm³/mol. The molecule has 0 aliphatic carbocycles. The van der Waals surface area contributed by atoms with Crippen molar-refractivity contribution in [3.05, 3.63) is 29.8 Å². The zero-order valence-corrected chi connectivity index (χ0v) is 10.5. The van der Waals surface area contributed by atoms with Crippen LogP contribution in [0.2, 0.25) is 0 Å². The van der Waals surface area contributed by atoms with E-state index in [1.54, 1.807) is 24.3 Å². The van der Waals surface area contributed by atoms with Crippen LogP contribution in [-0.2, 0) is 10.0 Å². The molecule has 0 bridgehead atoms. The number of thioether (sulfide) groups is 1. The number of benzene rings is 1. The monoisotopic (exact) mass is 259 g/mol. The minimum Gasteiger partial charge on any atom is -0.508 e. The summed E-state index contributed by atoms with van der Waals surface area (Å²) in [6.07, 6.45) is 1.20. The van der Waals surface area contributed by atoms with Crippen molar-refractivity contribution in [1.82, 2.24) is 4.31 Å². The van der Waals surface area contributed by atoms with Crippen LogP contribution < -0.4 is 0 Å². The summed E-state index contributed by atoms with van der Waals surface area (Å²) in [5.41, 5.74) is 0.662. The van der Waals surface area contributed by atoms with Gasteiger partial charge in [0.2, 0.25) is 10.0 Å². The number of phenols is 1. The Balaban J connectivity index is 2.38. The molecule has 1 aliphatic heterocycles. The van der Waals surface area contributed by atoms with Gasteiger partial charge in [-0.3, -0.25) is 0 Å². The van der Waals surface area contributed by atoms with Crippen molar-refractivity contribution in [3.8, 4) is 5.75 Å². The number of phenolic OH excluding ortho intramolecular Hbond substituents is 1. The molecular weight excluding hydrogens is 246 g/mol. The lowest BCUT2D eigenvalue weighted by Crippen LogP contribution is -2.29. The van der Waals surface area contributed by atoms with Gasteiger partial charge in [0, 0.05) is 17.9 Å². The van der Waals surface area contributed by atoms with Crippen molar-refractivity contribution in [1.29, 1.82) is 0 Å². The van der Waals surface area contributed by atoms with Crippen LogP contribution in [0.4, 0.5) is 0 Å². The molecule has 1 heterocycles. The second-order valence-electron chi connectivity index (χ2n) is 3.66. The Morgan fingerprint density at radius 1 is 1.44 bits per heavy atom. The van der Waals surface area contributed by atoms with E-state index in [1.165, 1.54) is 22.3 Å². The van der Waals surface area contributed by atoms with E-state index in [0.717, 1.165) is 5.75 Å². The van der Waals surface area contributed by atoms with Crippen LogP contribution in [0.15, 0.2) is 24.3 Å². The highest BCUT2D eigenvalue weighted by Gasteiger charge is 2.34. The molecule has 1 fully saturated rings. The normalized spacial score (nSPS) is 22.4. The number of sulfonamides is 1. The summed E-state index contributed by atoms with van der Waals surface area (Å²) in [4.78, 5) is 0. The molecule has 1 unspecified atom stereocenters. The van der Waals surface area contributed by atoms with Crippen molar-refractivity contribution in [3.63, 3.8) is 0 Å². The maximum Gasteiger partial charge on any atom is 0.212 e. The molecular formula is C10H13NO3S2. The lowest BCUT2D eigenvalue weighted by atomic mass is 10.2. The highest BCUT2D eigenvalue weighted by atomic mass is 32.2. The Hall–Kier alpha value is -0.720. The van der Waals surface area contributed by atoms with E-state index in [9.17, 15) is 13.5 Å². The first-order valence-corrected chi connectivity index (χ1v) is 7.76. The van der Waals surface area contributed by atoms with Gasteiger partial charge < -0.3 is 5.11 Å². The third kappa shape index (κ3) is 2.18. The molecule has 4 nitrogen and oxygen atoms in total. The van der Waals surface area contributed by atoms with Gasteiger partial charge in [0.15, 0.2) is 0 Å².